The maximum Gasteiger partial charge on any atom is 1.00 e. The summed E-state index contributed by atoms with van der Waals surface area (Å²) in [6, 6.07) is 9.10. The van der Waals surface area contributed by atoms with Crippen molar-refractivity contribution in [1.82, 2.24) is 0 Å². The molecule has 0 amide bonds. The van der Waals surface area contributed by atoms with E-state index < -0.39 is 10.1 Å². The van der Waals surface area contributed by atoms with Crippen molar-refractivity contribution in [2.45, 2.75) is 44.4 Å². The van der Waals surface area contributed by atoms with E-state index in [1.807, 2.05) is 25.1 Å². The Bertz CT molecular complexity index is 724. The van der Waals surface area contributed by atoms with E-state index in [-0.39, 0.29) is 34.5 Å². The molecule has 0 radical (unpaired) electrons. The van der Waals surface area contributed by atoms with Gasteiger partial charge in [0.2, 0.25) is 0 Å². The second kappa shape index (κ2) is 7.75. The Balaban J connectivity index is 0.00000220. The van der Waals surface area contributed by atoms with Crippen molar-refractivity contribution in [2.75, 3.05) is 0 Å². The Morgan fingerprint density at radius 1 is 1.00 bits per heavy atom. The van der Waals surface area contributed by atoms with Gasteiger partial charge in [-0.3, -0.25) is 0 Å². The van der Waals surface area contributed by atoms with Crippen LogP contribution in [0, 0.1) is 0 Å². The molecular weight excluding hydrogens is 295 g/mol. The molecule has 2 rings (SSSR count). The quantitative estimate of drug-likeness (QED) is 0.601. The Kier molecular flexibility index (Phi) is 6.88. The molecule has 0 bridgehead atoms. The third kappa shape index (κ3) is 4.30. The predicted octanol–water partition coefficient (Wildman–Crippen LogP) is 0.653. The number of aryl methyl sites for hydroxylation is 2. The standard InChI is InChI=1S/C16H20O3S.Na/c1-3-6-12-10-15-13(7-4-2)8-5-9-14(15)16(11-12)20(17,18)19;/h5,8-11H,3-4,6-7H2,1-2H3,(H,17,18,19);/q;+1/p-1. The van der Waals surface area contributed by atoms with Gasteiger partial charge in [0.05, 0.1) is 4.90 Å². The summed E-state index contributed by atoms with van der Waals surface area (Å²) < 4.78 is 34.6. The second-order valence-electron chi connectivity index (χ2n) is 5.06. The summed E-state index contributed by atoms with van der Waals surface area (Å²) in [5, 5.41) is 1.44. The van der Waals surface area contributed by atoms with Crippen LogP contribution in [0.1, 0.15) is 37.8 Å². The number of fused-ring (bicyclic) bond motifs is 1. The summed E-state index contributed by atoms with van der Waals surface area (Å²) in [4.78, 5) is -0.0867. The van der Waals surface area contributed by atoms with Crippen LogP contribution < -0.4 is 29.6 Å². The van der Waals surface area contributed by atoms with E-state index in [4.69, 9.17) is 0 Å². The fraction of sp³-hybridized carbons (Fsp3) is 0.375. The van der Waals surface area contributed by atoms with Gasteiger partial charge < -0.3 is 4.55 Å². The number of hydrogen-bond acceptors (Lipinski definition) is 3. The van der Waals surface area contributed by atoms with Crippen LogP contribution in [0.15, 0.2) is 35.2 Å². The zero-order chi connectivity index (χ0) is 14.8. The predicted molar refractivity (Wildman–Crippen MR) is 79.9 cm³/mol. The van der Waals surface area contributed by atoms with Gasteiger partial charge in [-0.15, -0.1) is 0 Å². The molecule has 5 heteroatoms. The third-order valence-corrected chi connectivity index (χ3v) is 4.31. The molecule has 0 spiro atoms. The Labute approximate surface area is 148 Å². The van der Waals surface area contributed by atoms with Gasteiger partial charge in [-0.1, -0.05) is 51.0 Å². The molecule has 0 heterocycles. The first-order valence-electron chi connectivity index (χ1n) is 6.97. The molecule has 108 valence electrons. The van der Waals surface area contributed by atoms with Crippen molar-refractivity contribution in [2.24, 2.45) is 0 Å². The number of rotatable bonds is 5. The van der Waals surface area contributed by atoms with Crippen LogP contribution in [-0.2, 0) is 23.0 Å². The minimum Gasteiger partial charge on any atom is -0.744 e. The Hall–Kier alpha value is -0.390. The molecule has 2 aromatic carbocycles. The SMILES string of the molecule is CCCc1cc(S(=O)(=O)[O-])c2cccc(CCC)c2c1.[Na+]. The molecule has 0 aliphatic carbocycles. The van der Waals surface area contributed by atoms with Gasteiger partial charge in [0.15, 0.2) is 0 Å². The van der Waals surface area contributed by atoms with Crippen molar-refractivity contribution in [3.05, 3.63) is 41.5 Å². The molecule has 21 heavy (non-hydrogen) atoms. The molecule has 0 unspecified atom stereocenters. The maximum absolute atomic E-state index is 11.5. The van der Waals surface area contributed by atoms with Gasteiger partial charge in [0.1, 0.15) is 10.1 Å². The minimum absolute atomic E-state index is 0. The average molecular weight is 314 g/mol. The van der Waals surface area contributed by atoms with Gasteiger partial charge >= 0.3 is 29.6 Å². The van der Waals surface area contributed by atoms with Crippen molar-refractivity contribution < 1.29 is 42.5 Å². The summed E-state index contributed by atoms with van der Waals surface area (Å²) in [6.45, 7) is 4.12. The third-order valence-electron chi connectivity index (χ3n) is 3.44. The summed E-state index contributed by atoms with van der Waals surface area (Å²) >= 11 is 0. The fourth-order valence-electron chi connectivity index (χ4n) is 2.60. The summed E-state index contributed by atoms with van der Waals surface area (Å²) in [7, 11) is -4.45. The molecule has 0 N–H and O–H groups in total. The zero-order valence-corrected chi connectivity index (χ0v) is 15.7. The largest absolute Gasteiger partial charge is 1.00 e. The average Bonchev–Trinajstić information content (AvgIpc) is 2.38. The summed E-state index contributed by atoms with van der Waals surface area (Å²) in [5.74, 6) is 0. The van der Waals surface area contributed by atoms with Crippen LogP contribution in [0.2, 0.25) is 0 Å². The first kappa shape index (κ1) is 18.7. The van der Waals surface area contributed by atoms with Crippen LogP contribution in [0.3, 0.4) is 0 Å². The molecule has 3 nitrogen and oxygen atoms in total. The Morgan fingerprint density at radius 2 is 1.67 bits per heavy atom. The smallest absolute Gasteiger partial charge is 0.744 e. The van der Waals surface area contributed by atoms with Gasteiger partial charge in [-0.2, -0.15) is 0 Å². The topological polar surface area (TPSA) is 57.2 Å². The van der Waals surface area contributed by atoms with Crippen LogP contribution in [-0.4, -0.2) is 13.0 Å². The van der Waals surface area contributed by atoms with E-state index in [2.05, 4.69) is 6.92 Å². The fourth-order valence-corrected chi connectivity index (χ4v) is 3.34. The van der Waals surface area contributed by atoms with Crippen LogP contribution in [0.5, 0.6) is 0 Å². The molecule has 0 aliphatic heterocycles. The second-order valence-corrected chi connectivity index (χ2v) is 6.41. The minimum atomic E-state index is -4.45. The molecule has 0 saturated heterocycles. The maximum atomic E-state index is 11.5. The number of benzene rings is 2. The van der Waals surface area contributed by atoms with Crippen molar-refractivity contribution in [3.63, 3.8) is 0 Å². The molecule has 2 aromatic rings. The van der Waals surface area contributed by atoms with Gasteiger partial charge in [0, 0.05) is 0 Å². The molecule has 0 aromatic heterocycles. The monoisotopic (exact) mass is 314 g/mol. The molecule has 0 saturated carbocycles. The molecular formula is C16H19NaO3S. The molecule has 0 atom stereocenters. The number of hydrogen-bond donors (Lipinski definition) is 0. The summed E-state index contributed by atoms with van der Waals surface area (Å²) in [6.07, 6.45) is 3.56. The first-order chi connectivity index (χ1) is 9.47. The van der Waals surface area contributed by atoms with Crippen LogP contribution >= 0.6 is 0 Å². The van der Waals surface area contributed by atoms with E-state index in [0.717, 1.165) is 42.2 Å². The summed E-state index contributed by atoms with van der Waals surface area (Å²) in [5.41, 5.74) is 2.02. The molecule has 0 aliphatic rings. The van der Waals surface area contributed by atoms with Crippen LogP contribution in [0.4, 0.5) is 0 Å². The van der Waals surface area contributed by atoms with Crippen molar-refractivity contribution in [1.29, 1.82) is 0 Å². The van der Waals surface area contributed by atoms with Gasteiger partial charge in [-0.25, -0.2) is 8.42 Å². The van der Waals surface area contributed by atoms with E-state index in [1.165, 1.54) is 6.07 Å². The Morgan fingerprint density at radius 3 is 2.24 bits per heavy atom. The normalized spacial score (nSPS) is 11.4. The molecule has 0 fully saturated rings. The van der Waals surface area contributed by atoms with E-state index >= 15 is 0 Å². The van der Waals surface area contributed by atoms with Crippen molar-refractivity contribution >= 4 is 20.9 Å². The first-order valence-corrected chi connectivity index (χ1v) is 8.38. The van der Waals surface area contributed by atoms with E-state index in [0.29, 0.717) is 5.39 Å². The van der Waals surface area contributed by atoms with E-state index in [1.54, 1.807) is 6.07 Å². The van der Waals surface area contributed by atoms with Gasteiger partial charge in [-0.05, 0) is 40.8 Å². The van der Waals surface area contributed by atoms with Crippen LogP contribution in [0.25, 0.3) is 10.8 Å². The van der Waals surface area contributed by atoms with Crippen molar-refractivity contribution in [3.8, 4) is 0 Å². The zero-order valence-electron chi connectivity index (χ0n) is 12.8. The van der Waals surface area contributed by atoms with E-state index in [9.17, 15) is 13.0 Å². The van der Waals surface area contributed by atoms with Gasteiger partial charge in [0.25, 0.3) is 0 Å².